The highest BCUT2D eigenvalue weighted by Crippen LogP contribution is 2.06. The van der Waals surface area contributed by atoms with Gasteiger partial charge < -0.3 is 15.2 Å². The molecule has 0 atom stereocenters. The predicted molar refractivity (Wildman–Crippen MR) is 38.1 cm³/mol. The first-order valence-corrected chi connectivity index (χ1v) is 3.41. The number of hydrogen-bond donors (Lipinski definition) is 2. The number of piperidine rings is 1. The molecular formula is C6H10N2O3. The maximum atomic E-state index is 10.4. The van der Waals surface area contributed by atoms with Gasteiger partial charge in [-0.15, -0.1) is 0 Å². The molecule has 11 heavy (non-hydrogen) atoms. The molecule has 0 aromatic rings. The number of amides is 1. The van der Waals surface area contributed by atoms with Crippen LogP contribution in [0.25, 0.3) is 0 Å². The predicted octanol–water partition coefficient (Wildman–Crippen LogP) is 0.590. The van der Waals surface area contributed by atoms with Crippen LogP contribution < -0.4 is 0 Å². The zero-order valence-electron chi connectivity index (χ0n) is 6.03. The van der Waals surface area contributed by atoms with Gasteiger partial charge >= 0.3 is 6.09 Å². The minimum Gasteiger partial charge on any atom is -0.465 e. The Morgan fingerprint density at radius 1 is 1.45 bits per heavy atom. The quantitative estimate of drug-likeness (QED) is 0.400. The number of oxime groups is 1. The molecule has 0 spiro atoms. The number of nitrogens with zero attached hydrogens (tertiary/aromatic N) is 2. The Balaban J connectivity index is 2.42. The van der Waals surface area contributed by atoms with Crippen molar-refractivity contribution >= 4 is 11.8 Å². The van der Waals surface area contributed by atoms with Crippen molar-refractivity contribution in [2.24, 2.45) is 5.16 Å². The number of hydrogen-bond acceptors (Lipinski definition) is 3. The van der Waals surface area contributed by atoms with Crippen molar-refractivity contribution in [3.63, 3.8) is 0 Å². The van der Waals surface area contributed by atoms with Crippen LogP contribution in [0, 0.1) is 0 Å². The van der Waals surface area contributed by atoms with Crippen molar-refractivity contribution in [2.45, 2.75) is 12.8 Å². The zero-order valence-corrected chi connectivity index (χ0v) is 6.03. The average Bonchev–Trinajstić information content (AvgIpc) is 2.05. The summed E-state index contributed by atoms with van der Waals surface area (Å²) < 4.78 is 0. The fourth-order valence-corrected chi connectivity index (χ4v) is 1.06. The van der Waals surface area contributed by atoms with Gasteiger partial charge in [-0.25, -0.2) is 4.79 Å². The molecular weight excluding hydrogens is 148 g/mol. The van der Waals surface area contributed by atoms with Crippen molar-refractivity contribution in [2.75, 3.05) is 13.1 Å². The smallest absolute Gasteiger partial charge is 0.407 e. The molecule has 0 saturated carbocycles. The van der Waals surface area contributed by atoms with Gasteiger partial charge in [0.15, 0.2) is 0 Å². The summed E-state index contributed by atoms with van der Waals surface area (Å²) in [5, 5.41) is 19.9. The van der Waals surface area contributed by atoms with Gasteiger partial charge in [0.05, 0.1) is 5.71 Å². The first-order valence-electron chi connectivity index (χ1n) is 3.41. The SMILES string of the molecule is O=C(O)N1CCC(=NO)CC1. The van der Waals surface area contributed by atoms with Crippen LogP contribution in [0.5, 0.6) is 0 Å². The molecule has 1 saturated heterocycles. The minimum absolute atomic E-state index is 0.439. The number of likely N-dealkylation sites (tertiary alicyclic amines) is 1. The molecule has 2 N–H and O–H groups in total. The normalized spacial score (nSPS) is 18.2. The molecule has 0 aromatic carbocycles. The van der Waals surface area contributed by atoms with Gasteiger partial charge in [0.1, 0.15) is 0 Å². The molecule has 5 heteroatoms. The zero-order chi connectivity index (χ0) is 8.27. The topological polar surface area (TPSA) is 73.1 Å². The van der Waals surface area contributed by atoms with E-state index in [-0.39, 0.29) is 0 Å². The Hall–Kier alpha value is -1.26. The molecule has 62 valence electrons. The van der Waals surface area contributed by atoms with E-state index in [0.717, 1.165) is 0 Å². The fourth-order valence-electron chi connectivity index (χ4n) is 1.06. The first-order chi connectivity index (χ1) is 5.24. The monoisotopic (exact) mass is 158 g/mol. The third-order valence-electron chi connectivity index (χ3n) is 1.75. The van der Waals surface area contributed by atoms with Crippen LogP contribution in [-0.4, -0.2) is 40.1 Å². The highest BCUT2D eigenvalue weighted by atomic mass is 16.4. The van der Waals surface area contributed by atoms with Gasteiger partial charge in [-0.1, -0.05) is 5.16 Å². The molecule has 1 fully saturated rings. The molecule has 0 aromatic heterocycles. The summed E-state index contributed by atoms with van der Waals surface area (Å²) >= 11 is 0. The van der Waals surface area contributed by atoms with Crippen LogP contribution in [0.1, 0.15) is 12.8 Å². The van der Waals surface area contributed by atoms with E-state index >= 15 is 0 Å². The molecule has 5 nitrogen and oxygen atoms in total. The molecule has 1 aliphatic rings. The number of carbonyl (C=O) groups is 1. The molecule has 1 aliphatic heterocycles. The summed E-state index contributed by atoms with van der Waals surface area (Å²) in [6, 6.07) is 0. The Morgan fingerprint density at radius 3 is 2.36 bits per heavy atom. The third kappa shape index (κ3) is 1.83. The Kier molecular flexibility index (Phi) is 2.30. The Morgan fingerprint density at radius 2 is 2.00 bits per heavy atom. The summed E-state index contributed by atoms with van der Waals surface area (Å²) in [7, 11) is 0. The number of carboxylic acid groups (broad SMARTS) is 1. The lowest BCUT2D eigenvalue weighted by Gasteiger charge is -2.23. The van der Waals surface area contributed by atoms with Gasteiger partial charge in [0.25, 0.3) is 0 Å². The fraction of sp³-hybridized carbons (Fsp3) is 0.667. The highest BCUT2D eigenvalue weighted by molar-refractivity contribution is 5.86. The molecule has 1 rings (SSSR count). The molecule has 1 amide bonds. The molecule has 0 unspecified atom stereocenters. The van der Waals surface area contributed by atoms with E-state index in [1.807, 2.05) is 0 Å². The third-order valence-corrected chi connectivity index (χ3v) is 1.75. The Bertz CT molecular complexity index is 180. The lowest BCUT2D eigenvalue weighted by atomic mass is 10.1. The van der Waals surface area contributed by atoms with E-state index in [1.165, 1.54) is 4.90 Å². The largest absolute Gasteiger partial charge is 0.465 e. The van der Waals surface area contributed by atoms with Gasteiger partial charge in [0.2, 0.25) is 0 Å². The highest BCUT2D eigenvalue weighted by Gasteiger charge is 2.18. The van der Waals surface area contributed by atoms with Crippen LogP contribution in [-0.2, 0) is 0 Å². The van der Waals surface area contributed by atoms with Crippen molar-refractivity contribution in [1.29, 1.82) is 0 Å². The molecule has 1 heterocycles. The summed E-state index contributed by atoms with van der Waals surface area (Å²) in [5.74, 6) is 0. The maximum absolute atomic E-state index is 10.4. The summed E-state index contributed by atoms with van der Waals surface area (Å²) in [4.78, 5) is 11.7. The first kappa shape index (κ1) is 7.84. The molecule has 0 bridgehead atoms. The second-order valence-electron chi connectivity index (χ2n) is 2.44. The Labute approximate surface area is 63.9 Å². The van der Waals surface area contributed by atoms with Crippen molar-refractivity contribution in [3.05, 3.63) is 0 Å². The van der Waals surface area contributed by atoms with Crippen LogP contribution in [0.15, 0.2) is 5.16 Å². The standard InChI is InChI=1S/C6H10N2O3/c9-6(10)8-3-1-5(7-11)2-4-8/h11H,1-4H2,(H,9,10). The summed E-state index contributed by atoms with van der Waals surface area (Å²) in [6.07, 6.45) is 0.188. The van der Waals surface area contributed by atoms with E-state index in [4.69, 9.17) is 10.3 Å². The van der Waals surface area contributed by atoms with Crippen LogP contribution in [0.3, 0.4) is 0 Å². The second kappa shape index (κ2) is 3.23. The van der Waals surface area contributed by atoms with Gasteiger partial charge in [-0.2, -0.15) is 0 Å². The van der Waals surface area contributed by atoms with Gasteiger partial charge in [0, 0.05) is 25.9 Å². The molecule has 0 radical (unpaired) electrons. The van der Waals surface area contributed by atoms with E-state index in [0.29, 0.717) is 31.6 Å². The summed E-state index contributed by atoms with van der Waals surface area (Å²) in [6.45, 7) is 0.878. The van der Waals surface area contributed by atoms with Crippen molar-refractivity contribution < 1.29 is 15.1 Å². The van der Waals surface area contributed by atoms with E-state index in [1.54, 1.807) is 0 Å². The lowest BCUT2D eigenvalue weighted by Crippen LogP contribution is -2.37. The molecule has 0 aliphatic carbocycles. The van der Waals surface area contributed by atoms with Gasteiger partial charge in [-0.3, -0.25) is 0 Å². The number of rotatable bonds is 0. The van der Waals surface area contributed by atoms with Crippen molar-refractivity contribution in [3.8, 4) is 0 Å². The van der Waals surface area contributed by atoms with Crippen LogP contribution >= 0.6 is 0 Å². The van der Waals surface area contributed by atoms with E-state index in [9.17, 15) is 4.79 Å². The average molecular weight is 158 g/mol. The van der Waals surface area contributed by atoms with Gasteiger partial charge in [-0.05, 0) is 0 Å². The van der Waals surface area contributed by atoms with E-state index < -0.39 is 6.09 Å². The van der Waals surface area contributed by atoms with Crippen molar-refractivity contribution in [1.82, 2.24) is 4.90 Å². The minimum atomic E-state index is -0.901. The lowest BCUT2D eigenvalue weighted by molar-refractivity contribution is 0.144. The van der Waals surface area contributed by atoms with Crippen LogP contribution in [0.2, 0.25) is 0 Å². The van der Waals surface area contributed by atoms with Crippen LogP contribution in [0.4, 0.5) is 4.79 Å². The second-order valence-corrected chi connectivity index (χ2v) is 2.44. The van der Waals surface area contributed by atoms with E-state index in [2.05, 4.69) is 5.16 Å². The maximum Gasteiger partial charge on any atom is 0.407 e. The summed E-state index contributed by atoms with van der Waals surface area (Å²) in [5.41, 5.74) is 0.683.